The fraction of sp³-hybridized carbons (Fsp3) is 0.286. The van der Waals surface area contributed by atoms with E-state index in [-0.39, 0.29) is 17.7 Å². The number of nitrogens with zero attached hydrogens (tertiary/aromatic N) is 1. The number of carbonyl (C=O) groups excluding carboxylic acids is 1. The Bertz CT molecular complexity index is 865. The summed E-state index contributed by atoms with van der Waals surface area (Å²) in [5.74, 6) is -0.00481. The van der Waals surface area contributed by atoms with E-state index in [9.17, 15) is 9.90 Å². The highest BCUT2D eigenvalue weighted by Crippen LogP contribution is 2.44. The zero-order valence-corrected chi connectivity index (χ0v) is 16.0. The first kappa shape index (κ1) is 17.3. The molecule has 0 bridgehead atoms. The molecule has 3 atom stereocenters. The van der Waals surface area contributed by atoms with E-state index >= 15 is 0 Å². The van der Waals surface area contributed by atoms with Gasteiger partial charge >= 0.3 is 0 Å². The number of benzene rings is 2. The van der Waals surface area contributed by atoms with Crippen LogP contribution in [0.4, 0.5) is 0 Å². The van der Waals surface area contributed by atoms with Crippen molar-refractivity contribution in [2.75, 3.05) is 6.54 Å². The van der Waals surface area contributed by atoms with E-state index in [1.807, 2.05) is 61.5 Å². The van der Waals surface area contributed by atoms with Gasteiger partial charge in [-0.25, -0.2) is 0 Å². The second-order valence-electron chi connectivity index (χ2n) is 6.90. The molecule has 1 amide bonds. The summed E-state index contributed by atoms with van der Waals surface area (Å²) in [7, 11) is 0. The van der Waals surface area contributed by atoms with Crippen molar-refractivity contribution in [2.24, 2.45) is 5.92 Å². The molecule has 2 aliphatic rings. The van der Waals surface area contributed by atoms with Crippen molar-refractivity contribution in [3.8, 4) is 0 Å². The van der Waals surface area contributed by atoms with Crippen LogP contribution in [-0.4, -0.2) is 28.7 Å². The van der Waals surface area contributed by atoms with Crippen molar-refractivity contribution in [2.45, 2.75) is 25.7 Å². The van der Waals surface area contributed by atoms with Gasteiger partial charge in [-0.1, -0.05) is 65.3 Å². The van der Waals surface area contributed by atoms with Crippen molar-refractivity contribution in [1.29, 1.82) is 0 Å². The normalized spacial score (nSPS) is 25.3. The van der Waals surface area contributed by atoms with Crippen molar-refractivity contribution >= 4 is 21.8 Å². The van der Waals surface area contributed by atoms with Gasteiger partial charge in [-0.05, 0) is 23.3 Å². The lowest BCUT2D eigenvalue weighted by molar-refractivity contribution is -0.144. The van der Waals surface area contributed by atoms with Crippen molar-refractivity contribution in [1.82, 2.24) is 4.90 Å². The van der Waals surface area contributed by atoms with E-state index in [2.05, 4.69) is 15.9 Å². The molecule has 2 aliphatic heterocycles. The first-order valence-corrected chi connectivity index (χ1v) is 9.50. The smallest absolute Gasteiger partial charge is 0.289 e. The Morgan fingerprint density at radius 1 is 1.19 bits per heavy atom. The van der Waals surface area contributed by atoms with E-state index in [0.29, 0.717) is 18.8 Å². The number of aliphatic hydroxyl groups is 1. The lowest BCUT2D eigenvalue weighted by Gasteiger charge is -2.34. The van der Waals surface area contributed by atoms with Crippen molar-refractivity contribution in [3.05, 3.63) is 81.5 Å². The average molecular weight is 414 g/mol. The summed E-state index contributed by atoms with van der Waals surface area (Å²) in [6.45, 7) is 3.02. The zero-order chi connectivity index (χ0) is 18.3. The second kappa shape index (κ2) is 6.89. The highest BCUT2D eigenvalue weighted by molar-refractivity contribution is 9.10. The van der Waals surface area contributed by atoms with Gasteiger partial charge in [0.15, 0.2) is 5.76 Å². The van der Waals surface area contributed by atoms with Crippen LogP contribution in [0, 0.1) is 5.92 Å². The fourth-order valence-electron chi connectivity index (χ4n) is 3.84. The van der Waals surface area contributed by atoms with E-state index in [0.717, 1.165) is 21.2 Å². The summed E-state index contributed by atoms with van der Waals surface area (Å²) in [6, 6.07) is 18.0. The molecule has 0 unspecified atom stereocenters. The molecule has 0 saturated carbocycles. The minimum absolute atomic E-state index is 0.0454. The Morgan fingerprint density at radius 2 is 1.96 bits per heavy atom. The van der Waals surface area contributed by atoms with Crippen LogP contribution in [0.15, 0.2) is 70.4 Å². The number of halogens is 1. The van der Waals surface area contributed by atoms with Gasteiger partial charge in [-0.3, -0.25) is 4.79 Å². The quantitative estimate of drug-likeness (QED) is 0.831. The van der Waals surface area contributed by atoms with Crippen LogP contribution in [-0.2, 0) is 16.1 Å². The first-order valence-electron chi connectivity index (χ1n) is 8.71. The molecule has 5 heteroatoms. The summed E-state index contributed by atoms with van der Waals surface area (Å²) in [5.41, 5.74) is 3.12. The van der Waals surface area contributed by atoms with Gasteiger partial charge in [0.1, 0.15) is 0 Å². The number of ether oxygens (including phenoxy) is 1. The molecule has 26 heavy (non-hydrogen) atoms. The minimum atomic E-state index is -0.988. The predicted molar refractivity (Wildman–Crippen MR) is 102 cm³/mol. The largest absolute Gasteiger partial charge is 0.459 e. The third-order valence-electron chi connectivity index (χ3n) is 5.15. The minimum Gasteiger partial charge on any atom is -0.459 e. The van der Waals surface area contributed by atoms with Crippen molar-refractivity contribution < 1.29 is 14.6 Å². The molecule has 2 aromatic rings. The summed E-state index contributed by atoms with van der Waals surface area (Å²) in [5, 5.41) is 10.4. The molecular formula is C21H20BrNO3. The van der Waals surface area contributed by atoms with E-state index in [1.165, 1.54) is 0 Å². The third kappa shape index (κ3) is 3.06. The number of aliphatic hydroxyl groups excluding tert-OH is 1. The van der Waals surface area contributed by atoms with E-state index in [1.54, 1.807) is 4.90 Å². The van der Waals surface area contributed by atoms with Gasteiger partial charge in [0, 0.05) is 35.0 Å². The van der Waals surface area contributed by atoms with Crippen LogP contribution in [0.5, 0.6) is 0 Å². The maximum absolute atomic E-state index is 12.9. The van der Waals surface area contributed by atoms with Crippen LogP contribution in [0.1, 0.15) is 24.0 Å². The van der Waals surface area contributed by atoms with Gasteiger partial charge in [0.25, 0.3) is 5.91 Å². The number of amides is 1. The average Bonchev–Trinajstić information content (AvgIpc) is 2.92. The molecule has 0 radical (unpaired) electrons. The highest BCUT2D eigenvalue weighted by atomic mass is 79.9. The van der Waals surface area contributed by atoms with Gasteiger partial charge < -0.3 is 14.7 Å². The molecule has 1 N–H and O–H groups in total. The van der Waals surface area contributed by atoms with Crippen LogP contribution >= 0.6 is 15.9 Å². The van der Waals surface area contributed by atoms with Crippen LogP contribution in [0.25, 0.3) is 0 Å². The van der Waals surface area contributed by atoms with Crippen molar-refractivity contribution in [3.63, 3.8) is 0 Å². The second-order valence-corrected chi connectivity index (χ2v) is 7.82. The molecule has 0 fully saturated rings. The first-order chi connectivity index (χ1) is 12.5. The Labute approximate surface area is 161 Å². The maximum atomic E-state index is 12.9. The SMILES string of the molecule is C[C@@H]1[C@@H](c2cccc(Br)c2)C2=C(O[C@@H]1O)C(=O)N(Cc1ccccc1)C2. The molecule has 4 nitrogen and oxygen atoms in total. The maximum Gasteiger partial charge on any atom is 0.289 e. The molecule has 0 aromatic heterocycles. The summed E-state index contributed by atoms with van der Waals surface area (Å²) >= 11 is 3.52. The molecule has 2 aromatic carbocycles. The monoisotopic (exact) mass is 413 g/mol. The summed E-state index contributed by atoms with van der Waals surface area (Å²) in [6.07, 6.45) is -0.988. The summed E-state index contributed by atoms with van der Waals surface area (Å²) < 4.78 is 6.60. The Hall–Kier alpha value is -2.11. The topological polar surface area (TPSA) is 49.8 Å². The Kier molecular flexibility index (Phi) is 4.59. The fourth-order valence-corrected chi connectivity index (χ4v) is 4.26. The molecule has 134 valence electrons. The molecule has 4 rings (SSSR count). The van der Waals surface area contributed by atoms with Crippen LogP contribution < -0.4 is 0 Å². The zero-order valence-electron chi connectivity index (χ0n) is 14.4. The van der Waals surface area contributed by atoms with Crippen LogP contribution in [0.2, 0.25) is 0 Å². The number of hydrogen-bond acceptors (Lipinski definition) is 3. The highest BCUT2D eigenvalue weighted by Gasteiger charge is 2.45. The van der Waals surface area contributed by atoms with Gasteiger partial charge in [-0.2, -0.15) is 0 Å². The third-order valence-corrected chi connectivity index (χ3v) is 5.64. The Balaban J connectivity index is 1.67. The standard InChI is InChI=1S/C21H20BrNO3/c1-13-18(15-8-5-9-16(22)10-15)17-12-23(11-14-6-3-2-4-7-14)20(24)19(17)26-21(13)25/h2-10,13,18,21,25H,11-12H2,1H3/t13-,18+,21+/m1/s1. The predicted octanol–water partition coefficient (Wildman–Crippen LogP) is 3.81. The molecule has 2 heterocycles. The van der Waals surface area contributed by atoms with E-state index in [4.69, 9.17) is 4.74 Å². The molecule has 0 saturated heterocycles. The lowest BCUT2D eigenvalue weighted by Crippen LogP contribution is -2.33. The van der Waals surface area contributed by atoms with E-state index < -0.39 is 6.29 Å². The molecule has 0 spiro atoms. The molecular weight excluding hydrogens is 394 g/mol. The summed E-state index contributed by atoms with van der Waals surface area (Å²) in [4.78, 5) is 14.7. The number of rotatable bonds is 3. The number of carbonyl (C=O) groups is 1. The van der Waals surface area contributed by atoms with Crippen LogP contribution in [0.3, 0.4) is 0 Å². The van der Waals surface area contributed by atoms with Gasteiger partial charge in [0.05, 0.1) is 0 Å². The molecule has 0 aliphatic carbocycles. The van der Waals surface area contributed by atoms with Gasteiger partial charge in [0.2, 0.25) is 6.29 Å². The number of hydrogen-bond donors (Lipinski definition) is 1. The lowest BCUT2D eigenvalue weighted by atomic mass is 9.79. The Morgan fingerprint density at radius 3 is 2.69 bits per heavy atom. The van der Waals surface area contributed by atoms with Gasteiger partial charge in [-0.15, -0.1) is 0 Å².